The van der Waals surface area contributed by atoms with E-state index in [9.17, 15) is 5.11 Å². The minimum atomic E-state index is -1.41. The number of ether oxygens (including phenoxy) is 2. The number of fused-ring (bicyclic) bond motifs is 3. The molecule has 2 aliphatic rings. The molecule has 1 fully saturated rings. The molecule has 5 rings (SSSR count). The molecule has 160 valence electrons. The molecule has 0 radical (unpaired) electrons. The van der Waals surface area contributed by atoms with Gasteiger partial charge in [0.05, 0.1) is 5.88 Å². The number of hydrogen-bond donors (Lipinski definition) is 2. The summed E-state index contributed by atoms with van der Waals surface area (Å²) in [6.07, 6.45) is 0.576. The Morgan fingerprint density at radius 2 is 1.81 bits per heavy atom. The molecular formula is C25H23Cl2NO3. The number of rotatable bonds is 5. The molecule has 0 bridgehead atoms. The van der Waals surface area contributed by atoms with Crippen molar-refractivity contribution in [1.82, 2.24) is 0 Å². The molecule has 6 heteroatoms. The number of benzene rings is 3. The Morgan fingerprint density at radius 1 is 1.06 bits per heavy atom. The zero-order valence-electron chi connectivity index (χ0n) is 16.8. The van der Waals surface area contributed by atoms with E-state index >= 15 is 0 Å². The molecule has 3 aromatic carbocycles. The Morgan fingerprint density at radius 3 is 2.52 bits per heavy atom. The van der Waals surface area contributed by atoms with Crippen LogP contribution < -0.4 is 15.2 Å². The Balaban J connectivity index is 1.71. The quantitative estimate of drug-likeness (QED) is 0.534. The monoisotopic (exact) mass is 455 g/mol. The Kier molecular flexibility index (Phi) is 5.14. The second kappa shape index (κ2) is 7.72. The summed E-state index contributed by atoms with van der Waals surface area (Å²) >= 11 is 11.9. The number of nitrogens with two attached hydrogens (primary N) is 1. The van der Waals surface area contributed by atoms with Crippen molar-refractivity contribution in [1.29, 1.82) is 0 Å². The van der Waals surface area contributed by atoms with Crippen LogP contribution in [0.4, 0.5) is 0 Å². The fraction of sp³-hybridized carbons (Fsp3) is 0.280. The predicted octanol–water partition coefficient (Wildman–Crippen LogP) is 4.95. The summed E-state index contributed by atoms with van der Waals surface area (Å²) in [5.41, 5.74) is 6.73. The van der Waals surface area contributed by atoms with Gasteiger partial charge in [-0.1, -0.05) is 54.1 Å². The normalized spacial score (nSPS) is 28.6. The standard InChI is InChI=1S/C25H23Cl2NO3/c26-12-13-30-19-10-11-20-22(14-19)31-25(17-6-8-18(27)9-7-17)21(15-23(28)24(20,25)29)16-4-2-1-3-5-16/h1-11,14,21,23,29H,12-13,15,28H2/t21-,23-,24-,25-/m0/s1. The van der Waals surface area contributed by atoms with Gasteiger partial charge in [-0.15, -0.1) is 11.6 Å². The molecule has 0 aromatic heterocycles. The van der Waals surface area contributed by atoms with Crippen LogP contribution in [-0.2, 0) is 11.2 Å². The maximum absolute atomic E-state index is 12.3. The van der Waals surface area contributed by atoms with Crippen LogP contribution in [0.5, 0.6) is 11.5 Å². The summed E-state index contributed by atoms with van der Waals surface area (Å²) in [6, 6.07) is 22.5. The fourth-order valence-corrected chi connectivity index (χ4v) is 5.44. The molecule has 3 aromatic rings. The molecule has 0 amide bonds. The maximum atomic E-state index is 12.3. The van der Waals surface area contributed by atoms with Crippen molar-refractivity contribution in [2.24, 2.45) is 5.73 Å². The highest BCUT2D eigenvalue weighted by Crippen LogP contribution is 2.66. The molecule has 4 nitrogen and oxygen atoms in total. The summed E-state index contributed by atoms with van der Waals surface area (Å²) in [6.45, 7) is 0.388. The van der Waals surface area contributed by atoms with Gasteiger partial charge in [0.1, 0.15) is 18.1 Å². The molecule has 1 heterocycles. The molecular weight excluding hydrogens is 433 g/mol. The van der Waals surface area contributed by atoms with Crippen molar-refractivity contribution in [3.8, 4) is 11.5 Å². The van der Waals surface area contributed by atoms with E-state index in [-0.39, 0.29) is 5.92 Å². The van der Waals surface area contributed by atoms with E-state index in [0.29, 0.717) is 41.0 Å². The lowest BCUT2D eigenvalue weighted by Gasteiger charge is -2.41. The number of hydrogen-bond acceptors (Lipinski definition) is 4. The second-order valence-electron chi connectivity index (χ2n) is 8.11. The van der Waals surface area contributed by atoms with Crippen molar-refractivity contribution in [2.45, 2.75) is 29.6 Å². The zero-order chi connectivity index (χ0) is 21.6. The topological polar surface area (TPSA) is 64.7 Å². The Hall–Kier alpha value is -2.24. The summed E-state index contributed by atoms with van der Waals surface area (Å²) in [5.74, 6) is 1.44. The van der Waals surface area contributed by atoms with Gasteiger partial charge in [-0.3, -0.25) is 0 Å². The minimum Gasteiger partial charge on any atom is -0.492 e. The first kappa shape index (κ1) is 20.7. The van der Waals surface area contributed by atoms with Gasteiger partial charge in [0.2, 0.25) is 0 Å². The highest BCUT2D eigenvalue weighted by atomic mass is 35.5. The minimum absolute atomic E-state index is 0.158. The second-order valence-corrected chi connectivity index (χ2v) is 8.93. The summed E-state index contributed by atoms with van der Waals surface area (Å²) in [7, 11) is 0. The van der Waals surface area contributed by atoms with E-state index in [0.717, 1.165) is 11.1 Å². The number of aliphatic hydroxyl groups is 1. The SMILES string of the molecule is N[C@H]1C[C@@H](c2ccccc2)[C@]2(c3ccc(Cl)cc3)Oc3cc(OCCCl)ccc3[C@]12O. The first-order valence-corrected chi connectivity index (χ1v) is 11.2. The molecule has 31 heavy (non-hydrogen) atoms. The van der Waals surface area contributed by atoms with Crippen molar-refractivity contribution < 1.29 is 14.6 Å². The first-order valence-electron chi connectivity index (χ1n) is 10.3. The third-order valence-electron chi connectivity index (χ3n) is 6.54. The smallest absolute Gasteiger partial charge is 0.175 e. The van der Waals surface area contributed by atoms with Crippen LogP contribution in [-0.4, -0.2) is 23.6 Å². The molecule has 1 aliphatic heterocycles. The van der Waals surface area contributed by atoms with Crippen molar-refractivity contribution >= 4 is 23.2 Å². The average molecular weight is 456 g/mol. The molecule has 3 N–H and O–H groups in total. The Bertz CT molecular complexity index is 1090. The maximum Gasteiger partial charge on any atom is 0.175 e. The van der Waals surface area contributed by atoms with E-state index in [1.54, 1.807) is 0 Å². The molecule has 0 spiro atoms. The molecule has 0 unspecified atom stereocenters. The van der Waals surface area contributed by atoms with Gasteiger partial charge in [0.25, 0.3) is 0 Å². The highest BCUT2D eigenvalue weighted by Gasteiger charge is 2.71. The molecule has 0 saturated heterocycles. The van der Waals surface area contributed by atoms with E-state index < -0.39 is 17.2 Å². The van der Waals surface area contributed by atoms with Gasteiger partial charge >= 0.3 is 0 Å². The van der Waals surface area contributed by atoms with Crippen LogP contribution in [0.2, 0.25) is 5.02 Å². The van der Waals surface area contributed by atoms with Gasteiger partial charge in [-0.2, -0.15) is 0 Å². The van der Waals surface area contributed by atoms with E-state index in [1.165, 1.54) is 0 Å². The van der Waals surface area contributed by atoms with Gasteiger partial charge in [-0.05, 0) is 41.8 Å². The Labute approximate surface area is 191 Å². The van der Waals surface area contributed by atoms with Crippen molar-refractivity contribution in [3.05, 3.63) is 94.5 Å². The molecule has 1 aliphatic carbocycles. The zero-order valence-corrected chi connectivity index (χ0v) is 18.3. The summed E-state index contributed by atoms with van der Waals surface area (Å²) < 4.78 is 12.4. The van der Waals surface area contributed by atoms with E-state index in [2.05, 4.69) is 12.1 Å². The highest BCUT2D eigenvalue weighted by molar-refractivity contribution is 6.30. The van der Waals surface area contributed by atoms with Crippen molar-refractivity contribution in [2.75, 3.05) is 12.5 Å². The molecule has 4 atom stereocenters. The lowest BCUT2D eigenvalue weighted by atomic mass is 9.71. The third-order valence-corrected chi connectivity index (χ3v) is 6.95. The van der Waals surface area contributed by atoms with Gasteiger partial charge in [-0.25, -0.2) is 0 Å². The van der Waals surface area contributed by atoms with Crippen LogP contribution in [0, 0.1) is 0 Å². The van der Waals surface area contributed by atoms with E-state index in [1.807, 2.05) is 60.7 Å². The van der Waals surface area contributed by atoms with Gasteiger partial charge in [0, 0.05) is 28.6 Å². The van der Waals surface area contributed by atoms with Crippen LogP contribution in [0.25, 0.3) is 0 Å². The first-order chi connectivity index (χ1) is 15.0. The third kappa shape index (κ3) is 2.97. The lowest BCUT2D eigenvalue weighted by molar-refractivity contribution is -0.112. The van der Waals surface area contributed by atoms with Crippen molar-refractivity contribution in [3.63, 3.8) is 0 Å². The molecule has 1 saturated carbocycles. The average Bonchev–Trinajstić information content (AvgIpc) is 3.18. The lowest BCUT2D eigenvalue weighted by Crippen LogP contribution is -2.54. The fourth-order valence-electron chi connectivity index (χ4n) is 5.24. The number of alkyl halides is 1. The summed E-state index contributed by atoms with van der Waals surface area (Å²) in [4.78, 5) is 0. The van der Waals surface area contributed by atoms with Crippen LogP contribution in [0.1, 0.15) is 29.0 Å². The van der Waals surface area contributed by atoms with Gasteiger partial charge < -0.3 is 20.3 Å². The predicted molar refractivity (Wildman–Crippen MR) is 122 cm³/mol. The largest absolute Gasteiger partial charge is 0.492 e. The van der Waals surface area contributed by atoms with Crippen LogP contribution in [0.3, 0.4) is 0 Å². The van der Waals surface area contributed by atoms with Crippen LogP contribution >= 0.6 is 23.2 Å². The van der Waals surface area contributed by atoms with Gasteiger partial charge in [0.15, 0.2) is 11.2 Å². The van der Waals surface area contributed by atoms with E-state index in [4.69, 9.17) is 38.4 Å². The van der Waals surface area contributed by atoms with Crippen LogP contribution in [0.15, 0.2) is 72.8 Å². The summed E-state index contributed by atoms with van der Waals surface area (Å²) in [5, 5.41) is 12.9. The number of halogens is 2.